The van der Waals surface area contributed by atoms with Crippen LogP contribution in [-0.2, 0) is 20.9 Å². The van der Waals surface area contributed by atoms with Crippen LogP contribution in [0.4, 0.5) is 0 Å². The van der Waals surface area contributed by atoms with E-state index in [9.17, 15) is 9.59 Å². The Morgan fingerprint density at radius 2 is 1.84 bits per heavy atom. The number of halogens is 1. The smallest absolute Gasteiger partial charge is 0.325 e. The zero-order valence-electron chi connectivity index (χ0n) is 10.9. The van der Waals surface area contributed by atoms with Crippen molar-refractivity contribution in [2.24, 2.45) is 0 Å². The van der Waals surface area contributed by atoms with E-state index in [4.69, 9.17) is 16.3 Å². The molecule has 0 aliphatic carbocycles. The molecule has 6 heteroatoms. The van der Waals surface area contributed by atoms with E-state index < -0.39 is 5.97 Å². The van der Waals surface area contributed by atoms with Gasteiger partial charge in [-0.05, 0) is 17.7 Å². The van der Waals surface area contributed by atoms with Crippen LogP contribution in [0.15, 0.2) is 24.3 Å². The molecule has 1 aromatic carbocycles. The van der Waals surface area contributed by atoms with E-state index >= 15 is 0 Å². The maximum absolute atomic E-state index is 11.7. The van der Waals surface area contributed by atoms with Gasteiger partial charge in [0, 0.05) is 6.54 Å². The molecule has 0 aromatic heterocycles. The fourth-order valence-electron chi connectivity index (χ4n) is 1.49. The highest BCUT2D eigenvalue weighted by molar-refractivity contribution is 6.27. The lowest BCUT2D eigenvalue weighted by atomic mass is 10.2. The molecule has 0 unspecified atom stereocenters. The summed E-state index contributed by atoms with van der Waals surface area (Å²) in [4.78, 5) is 24.3. The second kappa shape index (κ2) is 7.63. The molecule has 5 nitrogen and oxygen atoms in total. The summed E-state index contributed by atoms with van der Waals surface area (Å²) < 4.78 is 9.60. The number of carbonyl (C=O) groups is 2. The van der Waals surface area contributed by atoms with E-state index in [-0.39, 0.29) is 18.3 Å². The lowest BCUT2D eigenvalue weighted by Gasteiger charge is -2.20. The maximum atomic E-state index is 11.7. The Morgan fingerprint density at radius 3 is 2.32 bits per heavy atom. The van der Waals surface area contributed by atoms with Crippen molar-refractivity contribution in [1.29, 1.82) is 0 Å². The highest BCUT2D eigenvalue weighted by atomic mass is 35.5. The van der Waals surface area contributed by atoms with Crippen LogP contribution in [0, 0.1) is 0 Å². The first-order chi connectivity index (χ1) is 9.10. The number of esters is 1. The van der Waals surface area contributed by atoms with E-state index in [1.165, 1.54) is 12.0 Å². The lowest BCUT2D eigenvalue weighted by molar-refractivity contribution is -0.146. The summed E-state index contributed by atoms with van der Waals surface area (Å²) in [5.74, 6) is -0.241. The molecule has 1 rings (SSSR count). The molecular weight excluding hydrogens is 270 g/mol. The van der Waals surface area contributed by atoms with Gasteiger partial charge in [-0.15, -0.1) is 11.6 Å². The Kier molecular flexibility index (Phi) is 6.15. The Labute approximate surface area is 117 Å². The van der Waals surface area contributed by atoms with Crippen molar-refractivity contribution in [3.05, 3.63) is 29.8 Å². The number of carbonyl (C=O) groups excluding carboxylic acids is 2. The topological polar surface area (TPSA) is 55.8 Å². The van der Waals surface area contributed by atoms with Gasteiger partial charge in [-0.2, -0.15) is 0 Å². The monoisotopic (exact) mass is 285 g/mol. The first kappa shape index (κ1) is 15.3. The number of hydrogen-bond acceptors (Lipinski definition) is 4. The molecule has 0 heterocycles. The summed E-state index contributed by atoms with van der Waals surface area (Å²) in [6.45, 7) is 0.179. The third-order valence-corrected chi connectivity index (χ3v) is 2.78. The Balaban J connectivity index is 2.75. The normalized spacial score (nSPS) is 9.84. The van der Waals surface area contributed by atoms with Crippen molar-refractivity contribution in [3.8, 4) is 5.75 Å². The van der Waals surface area contributed by atoms with Crippen LogP contribution in [0.3, 0.4) is 0 Å². The van der Waals surface area contributed by atoms with Crippen LogP contribution in [0.5, 0.6) is 5.75 Å². The number of nitrogens with zero attached hydrogens (tertiary/aromatic N) is 1. The van der Waals surface area contributed by atoms with Crippen molar-refractivity contribution in [2.45, 2.75) is 6.54 Å². The van der Waals surface area contributed by atoms with Crippen LogP contribution in [0.2, 0.25) is 0 Å². The SMILES string of the molecule is COC(=O)CN(Cc1ccc(OC)cc1)C(=O)CCl. The van der Waals surface area contributed by atoms with Gasteiger partial charge in [-0.25, -0.2) is 0 Å². The van der Waals surface area contributed by atoms with Gasteiger partial charge in [-0.3, -0.25) is 9.59 Å². The number of benzene rings is 1. The number of rotatable bonds is 6. The van der Waals surface area contributed by atoms with Gasteiger partial charge in [0.1, 0.15) is 18.2 Å². The summed E-state index contributed by atoms with van der Waals surface area (Å²) in [6, 6.07) is 7.23. The van der Waals surface area contributed by atoms with Gasteiger partial charge in [0.25, 0.3) is 0 Å². The quantitative estimate of drug-likeness (QED) is 0.586. The van der Waals surface area contributed by atoms with Crippen molar-refractivity contribution in [2.75, 3.05) is 26.6 Å². The molecular formula is C13H16ClNO4. The minimum atomic E-state index is -0.480. The van der Waals surface area contributed by atoms with Gasteiger partial charge in [0.2, 0.25) is 5.91 Å². The molecule has 0 aliphatic heterocycles. The second-order valence-corrected chi connectivity index (χ2v) is 4.07. The van der Waals surface area contributed by atoms with E-state index in [2.05, 4.69) is 4.74 Å². The fraction of sp³-hybridized carbons (Fsp3) is 0.385. The van der Waals surface area contributed by atoms with Crippen molar-refractivity contribution in [3.63, 3.8) is 0 Å². The zero-order chi connectivity index (χ0) is 14.3. The molecule has 0 aliphatic rings. The number of amides is 1. The first-order valence-electron chi connectivity index (χ1n) is 5.64. The first-order valence-corrected chi connectivity index (χ1v) is 6.17. The molecule has 0 atom stereocenters. The van der Waals surface area contributed by atoms with Crippen molar-refractivity contribution in [1.82, 2.24) is 4.90 Å². The molecule has 0 spiro atoms. The van der Waals surface area contributed by atoms with E-state index in [1.807, 2.05) is 12.1 Å². The Hall–Kier alpha value is -1.75. The van der Waals surface area contributed by atoms with Gasteiger partial charge in [-0.1, -0.05) is 12.1 Å². The number of hydrogen-bond donors (Lipinski definition) is 0. The molecule has 0 radical (unpaired) electrons. The average molecular weight is 286 g/mol. The minimum absolute atomic E-state index is 0.117. The summed E-state index contributed by atoms with van der Waals surface area (Å²) >= 11 is 5.52. The molecule has 19 heavy (non-hydrogen) atoms. The van der Waals surface area contributed by atoms with Crippen LogP contribution < -0.4 is 4.74 Å². The molecule has 0 saturated carbocycles. The fourth-order valence-corrected chi connectivity index (χ4v) is 1.66. The Morgan fingerprint density at radius 1 is 1.21 bits per heavy atom. The van der Waals surface area contributed by atoms with Crippen molar-refractivity contribution >= 4 is 23.5 Å². The lowest BCUT2D eigenvalue weighted by Crippen LogP contribution is -2.36. The van der Waals surface area contributed by atoms with E-state index in [0.717, 1.165) is 11.3 Å². The second-order valence-electron chi connectivity index (χ2n) is 3.81. The van der Waals surface area contributed by atoms with Gasteiger partial charge < -0.3 is 14.4 Å². The Bertz CT molecular complexity index is 433. The predicted molar refractivity (Wildman–Crippen MR) is 71.1 cm³/mol. The highest BCUT2D eigenvalue weighted by Crippen LogP contribution is 2.13. The largest absolute Gasteiger partial charge is 0.497 e. The van der Waals surface area contributed by atoms with Gasteiger partial charge >= 0.3 is 5.97 Å². The predicted octanol–water partition coefficient (Wildman–Crippen LogP) is 1.44. The number of methoxy groups -OCH3 is 2. The zero-order valence-corrected chi connectivity index (χ0v) is 11.6. The van der Waals surface area contributed by atoms with Crippen LogP contribution in [0.1, 0.15) is 5.56 Å². The molecule has 104 valence electrons. The van der Waals surface area contributed by atoms with Gasteiger partial charge in [0.15, 0.2) is 0 Å². The summed E-state index contributed by atoms with van der Waals surface area (Å²) in [5.41, 5.74) is 0.878. The average Bonchev–Trinajstić information content (AvgIpc) is 2.46. The number of ether oxygens (including phenoxy) is 2. The standard InChI is InChI=1S/C13H16ClNO4/c1-18-11-5-3-10(4-6-11)8-15(12(16)7-14)9-13(17)19-2/h3-6H,7-9H2,1-2H3. The third-order valence-electron chi connectivity index (χ3n) is 2.55. The van der Waals surface area contributed by atoms with Crippen LogP contribution in [0.25, 0.3) is 0 Å². The molecule has 1 amide bonds. The van der Waals surface area contributed by atoms with Crippen LogP contribution in [-0.4, -0.2) is 43.4 Å². The van der Waals surface area contributed by atoms with Gasteiger partial charge in [0.05, 0.1) is 14.2 Å². The van der Waals surface area contributed by atoms with E-state index in [0.29, 0.717) is 6.54 Å². The molecule has 1 aromatic rings. The highest BCUT2D eigenvalue weighted by Gasteiger charge is 2.17. The summed E-state index contributed by atoms with van der Waals surface area (Å²) in [7, 11) is 2.86. The third kappa shape index (κ3) is 4.79. The summed E-state index contributed by atoms with van der Waals surface area (Å²) in [6.07, 6.45) is 0. The molecule has 0 saturated heterocycles. The minimum Gasteiger partial charge on any atom is -0.497 e. The van der Waals surface area contributed by atoms with E-state index in [1.54, 1.807) is 19.2 Å². The maximum Gasteiger partial charge on any atom is 0.325 e. The van der Waals surface area contributed by atoms with Crippen molar-refractivity contribution < 1.29 is 19.1 Å². The molecule has 0 bridgehead atoms. The molecule has 0 N–H and O–H groups in total. The summed E-state index contributed by atoms with van der Waals surface area (Å²) in [5, 5.41) is 0. The number of alkyl halides is 1. The molecule has 0 fully saturated rings. The van der Waals surface area contributed by atoms with Crippen LogP contribution >= 0.6 is 11.6 Å².